The second kappa shape index (κ2) is 7.48. The Morgan fingerprint density at radius 2 is 1.84 bits per heavy atom. The molecule has 0 saturated carbocycles. The van der Waals surface area contributed by atoms with Crippen LogP contribution in [0.1, 0.15) is 22.8 Å². The van der Waals surface area contributed by atoms with Gasteiger partial charge in [-0.2, -0.15) is 0 Å². The van der Waals surface area contributed by atoms with Crippen molar-refractivity contribution >= 4 is 18.4 Å². The van der Waals surface area contributed by atoms with Crippen LogP contribution in [0.15, 0.2) is 24.3 Å². The quantitative estimate of drug-likeness (QED) is 0.918. The highest BCUT2D eigenvalue weighted by atomic mass is 35.5. The number of carboxylic acids is 1. The van der Waals surface area contributed by atoms with Gasteiger partial charge in [0.2, 0.25) is 0 Å². The summed E-state index contributed by atoms with van der Waals surface area (Å²) in [6.07, 6.45) is 0. The van der Waals surface area contributed by atoms with E-state index in [2.05, 4.69) is 16.7 Å². The van der Waals surface area contributed by atoms with E-state index in [-0.39, 0.29) is 12.4 Å². The number of carbonyl (C=O) groups is 1. The van der Waals surface area contributed by atoms with Crippen molar-refractivity contribution in [2.45, 2.75) is 13.5 Å². The van der Waals surface area contributed by atoms with Crippen LogP contribution in [0, 0.1) is 0 Å². The fourth-order valence-corrected chi connectivity index (χ4v) is 2.32. The zero-order valence-electron chi connectivity index (χ0n) is 11.2. The van der Waals surface area contributed by atoms with E-state index in [0.717, 1.165) is 44.8 Å². The van der Waals surface area contributed by atoms with Gasteiger partial charge in [-0.05, 0) is 24.2 Å². The molecule has 0 radical (unpaired) electrons. The van der Waals surface area contributed by atoms with Crippen LogP contribution in [0.25, 0.3) is 0 Å². The van der Waals surface area contributed by atoms with E-state index in [1.807, 2.05) is 12.1 Å². The molecule has 1 aliphatic heterocycles. The molecular formula is C14H21ClN2O2. The lowest BCUT2D eigenvalue weighted by Gasteiger charge is -2.34. The molecule has 5 heteroatoms. The SMILES string of the molecule is CCN1CCN(Cc2cccc(C(=O)O)c2)CC1.Cl. The average molecular weight is 285 g/mol. The molecule has 1 N–H and O–H groups in total. The maximum absolute atomic E-state index is 10.9. The largest absolute Gasteiger partial charge is 0.478 e. The van der Waals surface area contributed by atoms with Gasteiger partial charge in [0.25, 0.3) is 0 Å². The maximum Gasteiger partial charge on any atom is 0.335 e. The van der Waals surface area contributed by atoms with E-state index in [9.17, 15) is 4.79 Å². The number of halogens is 1. The van der Waals surface area contributed by atoms with Crippen LogP contribution >= 0.6 is 12.4 Å². The summed E-state index contributed by atoms with van der Waals surface area (Å²) < 4.78 is 0. The zero-order valence-corrected chi connectivity index (χ0v) is 12.0. The Hall–Kier alpha value is -1.10. The minimum atomic E-state index is -0.854. The number of benzene rings is 1. The van der Waals surface area contributed by atoms with Crippen LogP contribution in [-0.2, 0) is 6.54 Å². The van der Waals surface area contributed by atoms with Crippen molar-refractivity contribution in [3.8, 4) is 0 Å². The topological polar surface area (TPSA) is 43.8 Å². The highest BCUT2D eigenvalue weighted by Crippen LogP contribution is 2.10. The highest BCUT2D eigenvalue weighted by molar-refractivity contribution is 5.87. The Labute approximate surface area is 120 Å². The van der Waals surface area contributed by atoms with Crippen LogP contribution < -0.4 is 0 Å². The summed E-state index contributed by atoms with van der Waals surface area (Å²) in [5.41, 5.74) is 1.46. The second-order valence-electron chi connectivity index (χ2n) is 4.72. The summed E-state index contributed by atoms with van der Waals surface area (Å²) in [7, 11) is 0. The first kappa shape index (κ1) is 16.0. The third-order valence-corrected chi connectivity index (χ3v) is 3.49. The van der Waals surface area contributed by atoms with E-state index in [0.29, 0.717) is 5.56 Å². The Kier molecular flexibility index (Phi) is 6.28. The van der Waals surface area contributed by atoms with Gasteiger partial charge in [0, 0.05) is 32.7 Å². The van der Waals surface area contributed by atoms with Gasteiger partial charge < -0.3 is 10.0 Å². The number of nitrogens with zero attached hydrogens (tertiary/aromatic N) is 2. The number of hydrogen-bond acceptors (Lipinski definition) is 3. The molecule has 19 heavy (non-hydrogen) atoms. The van der Waals surface area contributed by atoms with Crippen LogP contribution in [-0.4, -0.2) is 53.6 Å². The molecule has 0 amide bonds. The molecule has 0 bridgehead atoms. The lowest BCUT2D eigenvalue weighted by atomic mass is 10.1. The summed E-state index contributed by atoms with van der Waals surface area (Å²) in [5.74, 6) is -0.854. The summed E-state index contributed by atoms with van der Waals surface area (Å²) >= 11 is 0. The van der Waals surface area contributed by atoms with E-state index in [1.54, 1.807) is 12.1 Å². The Morgan fingerprint density at radius 3 is 2.42 bits per heavy atom. The smallest absolute Gasteiger partial charge is 0.335 e. The van der Waals surface area contributed by atoms with E-state index in [4.69, 9.17) is 5.11 Å². The molecule has 0 spiro atoms. The predicted molar refractivity (Wildman–Crippen MR) is 78.0 cm³/mol. The summed E-state index contributed by atoms with van der Waals surface area (Å²) in [6, 6.07) is 7.23. The lowest BCUT2D eigenvalue weighted by Crippen LogP contribution is -2.45. The molecule has 1 fully saturated rings. The first-order valence-corrected chi connectivity index (χ1v) is 6.46. The summed E-state index contributed by atoms with van der Waals surface area (Å²) in [6.45, 7) is 8.48. The van der Waals surface area contributed by atoms with Crippen LogP contribution in [0.5, 0.6) is 0 Å². The van der Waals surface area contributed by atoms with E-state index in [1.165, 1.54) is 0 Å². The molecule has 1 aliphatic rings. The van der Waals surface area contributed by atoms with Gasteiger partial charge in [0.05, 0.1) is 5.56 Å². The lowest BCUT2D eigenvalue weighted by molar-refractivity contribution is 0.0696. The van der Waals surface area contributed by atoms with Crippen molar-refractivity contribution in [2.75, 3.05) is 32.7 Å². The molecular weight excluding hydrogens is 264 g/mol. The van der Waals surface area contributed by atoms with E-state index >= 15 is 0 Å². The number of likely N-dealkylation sites (N-methyl/N-ethyl adjacent to an activating group) is 1. The van der Waals surface area contributed by atoms with Gasteiger partial charge in [-0.15, -0.1) is 12.4 Å². The van der Waals surface area contributed by atoms with Crippen molar-refractivity contribution in [1.29, 1.82) is 0 Å². The van der Waals surface area contributed by atoms with Crippen LogP contribution in [0.4, 0.5) is 0 Å². The molecule has 0 aliphatic carbocycles. The molecule has 2 rings (SSSR count). The molecule has 4 nitrogen and oxygen atoms in total. The highest BCUT2D eigenvalue weighted by Gasteiger charge is 2.15. The van der Waals surface area contributed by atoms with E-state index < -0.39 is 5.97 Å². The number of piperazine rings is 1. The molecule has 1 heterocycles. The van der Waals surface area contributed by atoms with Crippen molar-refractivity contribution in [3.63, 3.8) is 0 Å². The average Bonchev–Trinajstić information content (AvgIpc) is 2.40. The first-order chi connectivity index (χ1) is 8.69. The monoisotopic (exact) mass is 284 g/mol. The minimum absolute atomic E-state index is 0. The summed E-state index contributed by atoms with van der Waals surface area (Å²) in [5, 5.41) is 8.96. The summed E-state index contributed by atoms with van der Waals surface area (Å²) in [4.78, 5) is 15.7. The molecule has 106 valence electrons. The Bertz CT molecular complexity index is 418. The maximum atomic E-state index is 10.9. The van der Waals surface area contributed by atoms with Gasteiger partial charge in [-0.1, -0.05) is 19.1 Å². The fraction of sp³-hybridized carbons (Fsp3) is 0.500. The van der Waals surface area contributed by atoms with Crippen molar-refractivity contribution in [2.24, 2.45) is 0 Å². The van der Waals surface area contributed by atoms with Gasteiger partial charge in [0.15, 0.2) is 0 Å². The fourth-order valence-electron chi connectivity index (χ4n) is 2.32. The van der Waals surface area contributed by atoms with Gasteiger partial charge in [-0.3, -0.25) is 4.90 Å². The van der Waals surface area contributed by atoms with Gasteiger partial charge in [-0.25, -0.2) is 4.79 Å². The predicted octanol–water partition coefficient (Wildman–Crippen LogP) is 1.94. The number of hydrogen-bond donors (Lipinski definition) is 1. The zero-order chi connectivity index (χ0) is 13.0. The van der Waals surface area contributed by atoms with Crippen molar-refractivity contribution in [3.05, 3.63) is 35.4 Å². The second-order valence-corrected chi connectivity index (χ2v) is 4.72. The molecule has 1 aromatic carbocycles. The number of aromatic carboxylic acids is 1. The van der Waals surface area contributed by atoms with Crippen molar-refractivity contribution < 1.29 is 9.90 Å². The normalized spacial score (nSPS) is 16.9. The molecule has 1 saturated heterocycles. The van der Waals surface area contributed by atoms with Crippen LogP contribution in [0.2, 0.25) is 0 Å². The van der Waals surface area contributed by atoms with Crippen LogP contribution in [0.3, 0.4) is 0 Å². The Balaban J connectivity index is 0.00000180. The molecule has 1 aromatic rings. The number of rotatable bonds is 4. The Morgan fingerprint density at radius 1 is 1.21 bits per heavy atom. The van der Waals surface area contributed by atoms with Crippen molar-refractivity contribution in [1.82, 2.24) is 9.80 Å². The van der Waals surface area contributed by atoms with Gasteiger partial charge >= 0.3 is 5.97 Å². The molecule has 0 unspecified atom stereocenters. The first-order valence-electron chi connectivity index (χ1n) is 6.46. The molecule has 0 atom stereocenters. The number of carboxylic acid groups (broad SMARTS) is 1. The third-order valence-electron chi connectivity index (χ3n) is 3.49. The third kappa shape index (κ3) is 4.49. The van der Waals surface area contributed by atoms with Gasteiger partial charge in [0.1, 0.15) is 0 Å². The molecule has 0 aromatic heterocycles. The minimum Gasteiger partial charge on any atom is -0.478 e. The standard InChI is InChI=1S/C14H20N2O2.ClH/c1-2-15-6-8-16(9-7-15)11-12-4-3-5-13(10-12)14(17)18;/h3-5,10H,2,6-9,11H2,1H3,(H,17,18);1H.